The monoisotopic (exact) mass is 150 g/mol. The van der Waals surface area contributed by atoms with Gasteiger partial charge in [-0.1, -0.05) is 30.3 Å². The molecule has 0 atom stereocenters. The van der Waals surface area contributed by atoms with Crippen molar-refractivity contribution in [1.82, 2.24) is 0 Å². The normalized spacial score (nSPS) is 9.67. The third-order valence-corrected chi connectivity index (χ3v) is 1.63. The average Bonchev–Trinajstić information content (AvgIpc) is 2.21. The van der Waals surface area contributed by atoms with E-state index in [0.29, 0.717) is 0 Å². The summed E-state index contributed by atoms with van der Waals surface area (Å²) in [5.74, 6) is 0. The zero-order chi connectivity index (χ0) is 8.23. The first-order valence-corrected chi connectivity index (χ1v) is 3.74. The lowest BCUT2D eigenvalue weighted by Gasteiger charge is -1.97. The Kier molecular flexibility index (Phi) is 1.91. The van der Waals surface area contributed by atoms with Crippen LogP contribution in [0.5, 0.6) is 0 Å². The second-order valence-electron chi connectivity index (χ2n) is 2.44. The average molecular weight is 150 g/mol. The minimum atomic E-state index is 1.01. The van der Waals surface area contributed by atoms with Gasteiger partial charge in [-0.15, -0.1) is 0 Å². The van der Waals surface area contributed by atoms with Crippen LogP contribution in [0, 0.1) is 24.3 Å². The Balaban J connectivity index is 2.46. The maximum Gasteiger partial charge on any atom is -0.0000472 e. The topological polar surface area (TPSA) is 0 Å². The summed E-state index contributed by atoms with van der Waals surface area (Å²) in [4.78, 5) is 0. The number of benzene rings is 2. The fourth-order valence-electron chi connectivity index (χ4n) is 1.05. The molecular formula is C12H6. The molecule has 0 saturated heterocycles. The lowest BCUT2D eigenvalue weighted by atomic mass is 10.1. The van der Waals surface area contributed by atoms with Crippen LogP contribution >= 0.6 is 0 Å². The Morgan fingerprint density at radius 2 is 1.75 bits per heavy atom. The minimum absolute atomic E-state index is 1.01. The summed E-state index contributed by atoms with van der Waals surface area (Å²) in [6.45, 7) is 0. The summed E-state index contributed by atoms with van der Waals surface area (Å²) in [7, 11) is 0. The van der Waals surface area contributed by atoms with Gasteiger partial charge in [-0.2, -0.15) is 0 Å². The van der Waals surface area contributed by atoms with Crippen LogP contribution in [0.25, 0.3) is 11.1 Å². The molecule has 0 unspecified atom stereocenters. The quantitative estimate of drug-likeness (QED) is 0.586. The molecule has 0 aliphatic carbocycles. The van der Waals surface area contributed by atoms with Crippen LogP contribution in [-0.2, 0) is 0 Å². The molecular weight excluding hydrogens is 144 g/mol. The first-order chi connectivity index (χ1) is 5.97. The predicted molar refractivity (Wildman–Crippen MR) is 47.2 cm³/mol. The van der Waals surface area contributed by atoms with Crippen molar-refractivity contribution in [3.05, 3.63) is 60.7 Å². The second-order valence-corrected chi connectivity index (χ2v) is 2.44. The molecule has 0 aromatic heterocycles. The first-order valence-electron chi connectivity index (χ1n) is 3.74. The van der Waals surface area contributed by atoms with E-state index >= 15 is 0 Å². The third-order valence-electron chi connectivity index (χ3n) is 1.63. The Labute approximate surface area is 72.5 Å². The molecule has 54 valence electrons. The maximum atomic E-state index is 2.97. The van der Waals surface area contributed by atoms with Gasteiger partial charge >= 0.3 is 0 Å². The minimum Gasteiger partial charge on any atom is -0.0622 e. The van der Waals surface area contributed by atoms with E-state index in [2.05, 4.69) is 24.3 Å². The summed E-state index contributed by atoms with van der Waals surface area (Å²) in [6, 6.07) is 23.2. The van der Waals surface area contributed by atoms with E-state index < -0.39 is 0 Å². The highest BCUT2D eigenvalue weighted by atomic mass is 14.0. The third kappa shape index (κ3) is 1.37. The lowest BCUT2D eigenvalue weighted by molar-refractivity contribution is 1.58. The first kappa shape index (κ1) is 7.11. The molecule has 0 saturated carbocycles. The van der Waals surface area contributed by atoms with Gasteiger partial charge < -0.3 is 0 Å². The molecule has 0 nitrogen and oxygen atoms in total. The number of rotatable bonds is 1. The molecule has 0 amide bonds. The highest BCUT2D eigenvalue weighted by Crippen LogP contribution is 2.15. The van der Waals surface area contributed by atoms with E-state index in [9.17, 15) is 0 Å². The van der Waals surface area contributed by atoms with Crippen molar-refractivity contribution in [3.8, 4) is 11.1 Å². The second kappa shape index (κ2) is 3.22. The van der Waals surface area contributed by atoms with E-state index in [1.54, 1.807) is 0 Å². The van der Waals surface area contributed by atoms with Crippen molar-refractivity contribution in [3.63, 3.8) is 0 Å². The molecule has 2 rings (SSSR count). The molecule has 0 spiro atoms. The SMILES string of the molecule is [c]1[c][c]c(-c2ccccc2)c[c]1. The van der Waals surface area contributed by atoms with Gasteiger partial charge in [0.25, 0.3) is 0 Å². The maximum absolute atomic E-state index is 2.97. The van der Waals surface area contributed by atoms with Crippen LogP contribution in [0.15, 0.2) is 36.4 Å². The molecule has 0 aliphatic rings. The molecule has 0 aliphatic heterocycles. The van der Waals surface area contributed by atoms with Crippen molar-refractivity contribution in [1.29, 1.82) is 0 Å². The van der Waals surface area contributed by atoms with E-state index in [-0.39, 0.29) is 0 Å². The smallest absolute Gasteiger partial charge is 0.0000472 e. The van der Waals surface area contributed by atoms with Crippen LogP contribution < -0.4 is 0 Å². The molecule has 4 radical (unpaired) electrons. The van der Waals surface area contributed by atoms with Gasteiger partial charge in [0.05, 0.1) is 0 Å². The lowest BCUT2D eigenvalue weighted by Crippen LogP contribution is -1.75. The Morgan fingerprint density at radius 3 is 2.42 bits per heavy atom. The highest BCUT2D eigenvalue weighted by Gasteiger charge is 1.93. The summed E-state index contributed by atoms with van der Waals surface area (Å²) < 4.78 is 0. The molecule has 0 bridgehead atoms. The van der Waals surface area contributed by atoms with E-state index in [4.69, 9.17) is 0 Å². The summed E-state index contributed by atoms with van der Waals surface area (Å²) >= 11 is 0. The fraction of sp³-hybridized carbons (Fsp3) is 0. The van der Waals surface area contributed by atoms with Crippen LogP contribution in [-0.4, -0.2) is 0 Å². The number of hydrogen-bond acceptors (Lipinski definition) is 0. The van der Waals surface area contributed by atoms with E-state index in [1.807, 2.05) is 36.4 Å². The van der Waals surface area contributed by atoms with Gasteiger partial charge in [-0.25, -0.2) is 0 Å². The van der Waals surface area contributed by atoms with Gasteiger partial charge in [0, 0.05) is 0 Å². The van der Waals surface area contributed by atoms with Crippen LogP contribution in [0.4, 0.5) is 0 Å². The molecule has 0 heteroatoms. The van der Waals surface area contributed by atoms with Crippen LogP contribution in [0.1, 0.15) is 0 Å². The Morgan fingerprint density at radius 1 is 0.917 bits per heavy atom. The fourth-order valence-corrected chi connectivity index (χ4v) is 1.05. The zero-order valence-corrected chi connectivity index (χ0v) is 6.46. The van der Waals surface area contributed by atoms with E-state index in [1.165, 1.54) is 0 Å². The Bertz CT molecular complexity index is 297. The molecule has 12 heavy (non-hydrogen) atoms. The van der Waals surface area contributed by atoms with Crippen molar-refractivity contribution < 1.29 is 0 Å². The summed E-state index contributed by atoms with van der Waals surface area (Å²) in [5.41, 5.74) is 2.15. The molecule has 2 aromatic carbocycles. The Hall–Kier alpha value is -1.56. The van der Waals surface area contributed by atoms with E-state index in [0.717, 1.165) is 11.1 Å². The molecule has 0 N–H and O–H groups in total. The highest BCUT2D eigenvalue weighted by molar-refractivity contribution is 5.61. The predicted octanol–water partition coefficient (Wildman–Crippen LogP) is 2.55. The standard InChI is InChI=1S/C12H6/c1-3-7-11(8-4-1)12-9-5-2-6-10-12/h1,3-4,7-9H. The summed E-state index contributed by atoms with van der Waals surface area (Å²) in [5, 5.41) is 0. The van der Waals surface area contributed by atoms with Crippen molar-refractivity contribution in [2.24, 2.45) is 0 Å². The van der Waals surface area contributed by atoms with Crippen molar-refractivity contribution in [2.75, 3.05) is 0 Å². The molecule has 0 fully saturated rings. The number of hydrogen-bond donors (Lipinski definition) is 0. The van der Waals surface area contributed by atoms with Crippen LogP contribution in [0.3, 0.4) is 0 Å². The molecule has 2 aromatic rings. The van der Waals surface area contributed by atoms with Gasteiger partial charge in [0.2, 0.25) is 0 Å². The zero-order valence-electron chi connectivity index (χ0n) is 6.46. The van der Waals surface area contributed by atoms with Crippen molar-refractivity contribution >= 4 is 0 Å². The van der Waals surface area contributed by atoms with Gasteiger partial charge in [-0.3, -0.25) is 0 Å². The van der Waals surface area contributed by atoms with Gasteiger partial charge in [0.1, 0.15) is 0 Å². The summed E-state index contributed by atoms with van der Waals surface area (Å²) in [6.07, 6.45) is 0. The van der Waals surface area contributed by atoms with Crippen LogP contribution in [0.2, 0.25) is 0 Å². The van der Waals surface area contributed by atoms with Crippen molar-refractivity contribution in [2.45, 2.75) is 0 Å². The molecule has 0 heterocycles. The van der Waals surface area contributed by atoms with Gasteiger partial charge in [0.15, 0.2) is 0 Å². The largest absolute Gasteiger partial charge is 0.0622 e. The van der Waals surface area contributed by atoms with Gasteiger partial charge in [-0.05, 0) is 41.5 Å².